The molecule has 1 aromatic carbocycles. The van der Waals surface area contributed by atoms with Crippen molar-refractivity contribution in [3.05, 3.63) is 58.5 Å². The van der Waals surface area contributed by atoms with Gasteiger partial charge in [-0.25, -0.2) is 13.5 Å². The molecule has 3 aromatic rings. The maximum Gasteiger partial charge on any atom is 0.263 e. The lowest BCUT2D eigenvalue weighted by atomic mass is 10.1. The average molecular weight is 392 g/mol. The third-order valence-corrected chi connectivity index (χ3v) is 4.58. The van der Waals surface area contributed by atoms with E-state index in [0.717, 1.165) is 17.8 Å². The summed E-state index contributed by atoms with van der Waals surface area (Å²) in [5.74, 6) is 0.947. The molecular formula is C18H16ClF2N5O. The molecule has 9 heteroatoms. The number of hydrogen-bond donors (Lipinski definition) is 0. The standard InChI is InChI=1S/C18H16ClF2N5O/c19-16-7-8-17(24-23-16)27-10-15-14(9-11-1-2-11)22-25-26(15)13-5-3-12(4-6-13)18(20)21/h3-8,11,18H,1-2,9-10H2. The van der Waals surface area contributed by atoms with Gasteiger partial charge in [-0.05, 0) is 43.4 Å². The first-order valence-electron chi connectivity index (χ1n) is 8.54. The highest BCUT2D eigenvalue weighted by Gasteiger charge is 2.26. The van der Waals surface area contributed by atoms with E-state index in [-0.39, 0.29) is 17.3 Å². The van der Waals surface area contributed by atoms with Crippen LogP contribution in [0.15, 0.2) is 36.4 Å². The molecule has 1 aliphatic carbocycles. The Morgan fingerprint density at radius 1 is 1.07 bits per heavy atom. The lowest BCUT2D eigenvalue weighted by Gasteiger charge is -2.10. The van der Waals surface area contributed by atoms with Crippen molar-refractivity contribution < 1.29 is 13.5 Å². The molecule has 4 rings (SSSR count). The van der Waals surface area contributed by atoms with Gasteiger partial charge in [-0.1, -0.05) is 28.9 Å². The van der Waals surface area contributed by atoms with Crippen LogP contribution >= 0.6 is 11.6 Å². The minimum atomic E-state index is -2.51. The zero-order valence-electron chi connectivity index (χ0n) is 14.2. The van der Waals surface area contributed by atoms with Crippen molar-refractivity contribution in [2.45, 2.75) is 32.3 Å². The van der Waals surface area contributed by atoms with Crippen LogP contribution < -0.4 is 4.74 Å². The van der Waals surface area contributed by atoms with E-state index in [2.05, 4.69) is 20.5 Å². The summed E-state index contributed by atoms with van der Waals surface area (Å²) in [6.07, 6.45) is 0.671. The highest BCUT2D eigenvalue weighted by molar-refractivity contribution is 6.29. The van der Waals surface area contributed by atoms with Crippen LogP contribution in [0, 0.1) is 5.92 Å². The summed E-state index contributed by atoms with van der Waals surface area (Å²) < 4.78 is 32.9. The molecule has 6 nitrogen and oxygen atoms in total. The van der Waals surface area contributed by atoms with E-state index in [1.165, 1.54) is 25.0 Å². The molecule has 0 amide bonds. The molecule has 2 heterocycles. The van der Waals surface area contributed by atoms with Gasteiger partial charge in [0.2, 0.25) is 5.88 Å². The molecule has 0 bridgehead atoms. The molecule has 0 N–H and O–H groups in total. The largest absolute Gasteiger partial charge is 0.470 e. The van der Waals surface area contributed by atoms with Gasteiger partial charge in [0, 0.05) is 11.6 Å². The summed E-state index contributed by atoms with van der Waals surface area (Å²) in [4.78, 5) is 0. The fourth-order valence-corrected chi connectivity index (χ4v) is 2.82. The van der Waals surface area contributed by atoms with Gasteiger partial charge >= 0.3 is 0 Å². The monoisotopic (exact) mass is 391 g/mol. The summed E-state index contributed by atoms with van der Waals surface area (Å²) in [5.41, 5.74) is 2.22. The molecule has 140 valence electrons. The molecule has 1 aliphatic rings. The molecular weight excluding hydrogens is 376 g/mol. The van der Waals surface area contributed by atoms with E-state index in [4.69, 9.17) is 16.3 Å². The molecule has 2 aromatic heterocycles. The third-order valence-electron chi connectivity index (χ3n) is 4.38. The van der Waals surface area contributed by atoms with E-state index in [1.54, 1.807) is 28.9 Å². The number of halogens is 3. The maximum atomic E-state index is 12.8. The van der Waals surface area contributed by atoms with E-state index in [9.17, 15) is 8.78 Å². The zero-order chi connectivity index (χ0) is 18.8. The quantitative estimate of drug-likeness (QED) is 0.604. The smallest absolute Gasteiger partial charge is 0.263 e. The van der Waals surface area contributed by atoms with E-state index in [0.29, 0.717) is 17.5 Å². The summed E-state index contributed by atoms with van der Waals surface area (Å²) in [5, 5.41) is 16.4. The second kappa shape index (κ2) is 7.56. The van der Waals surface area contributed by atoms with Gasteiger partial charge in [-0.3, -0.25) is 0 Å². The third kappa shape index (κ3) is 4.21. The fourth-order valence-electron chi connectivity index (χ4n) is 2.72. The summed E-state index contributed by atoms with van der Waals surface area (Å²) >= 11 is 5.73. The van der Waals surface area contributed by atoms with E-state index in [1.807, 2.05) is 0 Å². The van der Waals surface area contributed by atoms with Crippen molar-refractivity contribution >= 4 is 11.6 Å². The van der Waals surface area contributed by atoms with Crippen LogP contribution in [0.5, 0.6) is 5.88 Å². The second-order valence-electron chi connectivity index (χ2n) is 6.42. The zero-order valence-corrected chi connectivity index (χ0v) is 15.0. The Morgan fingerprint density at radius 2 is 1.85 bits per heavy atom. The number of benzene rings is 1. The highest BCUT2D eigenvalue weighted by Crippen LogP contribution is 2.33. The van der Waals surface area contributed by atoms with Crippen LogP contribution in [0.3, 0.4) is 0 Å². The van der Waals surface area contributed by atoms with Gasteiger partial charge in [-0.2, -0.15) is 0 Å². The van der Waals surface area contributed by atoms with Gasteiger partial charge in [0.25, 0.3) is 6.43 Å². The number of aromatic nitrogens is 5. The molecule has 1 saturated carbocycles. The normalized spacial score (nSPS) is 13.9. The van der Waals surface area contributed by atoms with Crippen LogP contribution in [0.2, 0.25) is 5.15 Å². The Morgan fingerprint density at radius 3 is 2.48 bits per heavy atom. The van der Waals surface area contributed by atoms with Crippen LogP contribution in [-0.4, -0.2) is 25.2 Å². The Hall–Kier alpha value is -2.61. The number of hydrogen-bond acceptors (Lipinski definition) is 5. The highest BCUT2D eigenvalue weighted by atomic mass is 35.5. The SMILES string of the molecule is FC(F)c1ccc(-n2nnc(CC3CC3)c2COc2ccc(Cl)nn2)cc1. The predicted molar refractivity (Wildman–Crippen MR) is 94.1 cm³/mol. The van der Waals surface area contributed by atoms with Gasteiger partial charge < -0.3 is 4.74 Å². The van der Waals surface area contributed by atoms with Gasteiger partial charge in [0.1, 0.15) is 12.3 Å². The molecule has 0 atom stereocenters. The van der Waals surface area contributed by atoms with Crippen molar-refractivity contribution in [3.8, 4) is 11.6 Å². The lowest BCUT2D eigenvalue weighted by molar-refractivity contribution is 0.151. The molecule has 0 spiro atoms. The van der Waals surface area contributed by atoms with Crippen molar-refractivity contribution in [1.29, 1.82) is 0 Å². The molecule has 27 heavy (non-hydrogen) atoms. The molecule has 0 unspecified atom stereocenters. The Balaban J connectivity index is 1.60. The van der Waals surface area contributed by atoms with Crippen molar-refractivity contribution in [2.75, 3.05) is 0 Å². The molecule has 1 fully saturated rings. The maximum absolute atomic E-state index is 12.8. The second-order valence-corrected chi connectivity index (χ2v) is 6.80. The van der Waals surface area contributed by atoms with Gasteiger partial charge in [0.15, 0.2) is 5.15 Å². The van der Waals surface area contributed by atoms with E-state index < -0.39 is 6.43 Å². The van der Waals surface area contributed by atoms with Crippen molar-refractivity contribution in [2.24, 2.45) is 5.92 Å². The van der Waals surface area contributed by atoms with Crippen molar-refractivity contribution in [3.63, 3.8) is 0 Å². The molecule has 0 aliphatic heterocycles. The van der Waals surface area contributed by atoms with Crippen LogP contribution in [0.4, 0.5) is 8.78 Å². The van der Waals surface area contributed by atoms with Crippen LogP contribution in [0.1, 0.15) is 36.2 Å². The van der Waals surface area contributed by atoms with Gasteiger partial charge in [0.05, 0.1) is 11.4 Å². The van der Waals surface area contributed by atoms with Crippen molar-refractivity contribution in [1.82, 2.24) is 25.2 Å². The lowest BCUT2D eigenvalue weighted by Crippen LogP contribution is -2.09. The number of ether oxygens (including phenoxy) is 1. The first-order valence-corrected chi connectivity index (χ1v) is 8.92. The minimum absolute atomic E-state index is 0.0358. The van der Waals surface area contributed by atoms with Crippen LogP contribution in [-0.2, 0) is 13.0 Å². The average Bonchev–Trinajstić information content (AvgIpc) is 3.40. The fraction of sp³-hybridized carbons (Fsp3) is 0.333. The minimum Gasteiger partial charge on any atom is -0.470 e. The number of rotatable bonds is 7. The summed E-state index contributed by atoms with van der Waals surface area (Å²) in [7, 11) is 0. The predicted octanol–water partition coefficient (Wildman–Crippen LogP) is 4.18. The van der Waals surface area contributed by atoms with Crippen LogP contribution in [0.25, 0.3) is 5.69 Å². The Labute approximate surface area is 159 Å². The first-order chi connectivity index (χ1) is 13.1. The molecule has 0 saturated heterocycles. The Bertz CT molecular complexity index is 911. The number of alkyl halides is 2. The topological polar surface area (TPSA) is 65.7 Å². The summed E-state index contributed by atoms with van der Waals surface area (Å²) in [6.45, 7) is 0.183. The van der Waals surface area contributed by atoms with Gasteiger partial charge in [-0.15, -0.1) is 15.3 Å². The number of nitrogens with zero attached hydrogens (tertiary/aromatic N) is 5. The summed E-state index contributed by atoms with van der Waals surface area (Å²) in [6, 6.07) is 9.19. The molecule has 0 radical (unpaired) electrons. The van der Waals surface area contributed by atoms with E-state index >= 15 is 0 Å². The Kier molecular flexibility index (Phi) is 4.98. The first kappa shape index (κ1) is 17.8.